The Morgan fingerprint density at radius 2 is 1.66 bits per heavy atom. The van der Waals surface area contributed by atoms with E-state index in [9.17, 15) is 9.50 Å². The molecular formula is C26H36FNO. The monoisotopic (exact) mass is 397 g/mol. The first-order valence-electron chi connectivity index (χ1n) is 10.8. The number of rotatable bonds is 5. The van der Waals surface area contributed by atoms with Crippen LogP contribution in [0.15, 0.2) is 48.5 Å². The second-order valence-electron chi connectivity index (χ2n) is 10.2. The van der Waals surface area contributed by atoms with Gasteiger partial charge in [-0.25, -0.2) is 4.39 Å². The highest BCUT2D eigenvalue weighted by Crippen LogP contribution is 2.45. The lowest BCUT2D eigenvalue weighted by Crippen LogP contribution is -2.45. The maximum Gasteiger partial charge on any atom is 0.123 e. The van der Waals surface area contributed by atoms with Crippen LogP contribution in [0.5, 0.6) is 0 Å². The highest BCUT2D eigenvalue weighted by molar-refractivity contribution is 5.32. The van der Waals surface area contributed by atoms with Crippen LogP contribution in [0.3, 0.4) is 0 Å². The summed E-state index contributed by atoms with van der Waals surface area (Å²) in [5, 5.41) is 11.8. The Bertz CT molecular complexity index is 791. The predicted octanol–water partition coefficient (Wildman–Crippen LogP) is 5.53. The Hall–Kier alpha value is -1.71. The van der Waals surface area contributed by atoms with Gasteiger partial charge in [-0.1, -0.05) is 57.2 Å². The van der Waals surface area contributed by atoms with Crippen molar-refractivity contribution in [2.45, 2.75) is 57.5 Å². The van der Waals surface area contributed by atoms with Crippen LogP contribution >= 0.6 is 0 Å². The average molecular weight is 398 g/mol. The summed E-state index contributed by atoms with van der Waals surface area (Å²) in [7, 11) is 4.15. The first-order valence-corrected chi connectivity index (χ1v) is 10.8. The third kappa shape index (κ3) is 5.26. The molecule has 3 atom stereocenters. The molecule has 29 heavy (non-hydrogen) atoms. The third-order valence-corrected chi connectivity index (χ3v) is 6.50. The van der Waals surface area contributed by atoms with Crippen LogP contribution in [-0.4, -0.2) is 30.6 Å². The lowest BCUT2D eigenvalue weighted by molar-refractivity contribution is -0.0752. The molecule has 1 aliphatic carbocycles. The zero-order valence-corrected chi connectivity index (χ0v) is 18.6. The largest absolute Gasteiger partial charge is 0.385 e. The molecule has 0 bridgehead atoms. The Kier molecular flexibility index (Phi) is 6.50. The molecule has 3 heteroatoms. The molecule has 0 aliphatic heterocycles. The van der Waals surface area contributed by atoms with E-state index in [-0.39, 0.29) is 17.2 Å². The molecule has 2 aromatic rings. The molecular weight excluding hydrogens is 361 g/mol. The van der Waals surface area contributed by atoms with Gasteiger partial charge in [0, 0.05) is 12.5 Å². The molecule has 158 valence electrons. The topological polar surface area (TPSA) is 23.5 Å². The van der Waals surface area contributed by atoms with Crippen molar-refractivity contribution in [3.8, 4) is 0 Å². The van der Waals surface area contributed by atoms with Crippen LogP contribution in [0.25, 0.3) is 0 Å². The van der Waals surface area contributed by atoms with Gasteiger partial charge in [-0.15, -0.1) is 0 Å². The van der Waals surface area contributed by atoms with Crippen molar-refractivity contribution >= 4 is 0 Å². The van der Waals surface area contributed by atoms with Crippen molar-refractivity contribution in [1.82, 2.24) is 4.90 Å². The normalized spacial score (nSPS) is 25.4. The second-order valence-corrected chi connectivity index (χ2v) is 10.2. The zero-order valence-electron chi connectivity index (χ0n) is 18.6. The lowest BCUT2D eigenvalue weighted by atomic mass is 9.66. The minimum absolute atomic E-state index is 0.108. The van der Waals surface area contributed by atoms with Gasteiger partial charge in [-0.2, -0.15) is 0 Å². The lowest BCUT2D eigenvalue weighted by Gasteiger charge is -2.45. The van der Waals surface area contributed by atoms with E-state index < -0.39 is 5.60 Å². The summed E-state index contributed by atoms with van der Waals surface area (Å²) in [5.74, 6) is 0.507. The van der Waals surface area contributed by atoms with Crippen molar-refractivity contribution in [3.63, 3.8) is 0 Å². The Labute approximate surface area is 175 Å². The van der Waals surface area contributed by atoms with Gasteiger partial charge in [0.1, 0.15) is 5.82 Å². The van der Waals surface area contributed by atoms with Gasteiger partial charge in [0.05, 0.1) is 5.60 Å². The summed E-state index contributed by atoms with van der Waals surface area (Å²) >= 11 is 0. The molecule has 0 heterocycles. The maximum atomic E-state index is 13.2. The zero-order chi connectivity index (χ0) is 21.2. The smallest absolute Gasteiger partial charge is 0.123 e. The van der Waals surface area contributed by atoms with E-state index in [1.807, 2.05) is 12.1 Å². The highest BCUT2D eigenvalue weighted by Gasteiger charge is 2.43. The van der Waals surface area contributed by atoms with Crippen LogP contribution < -0.4 is 0 Å². The van der Waals surface area contributed by atoms with E-state index in [2.05, 4.69) is 64.0 Å². The molecule has 0 saturated heterocycles. The summed E-state index contributed by atoms with van der Waals surface area (Å²) in [4.78, 5) is 2.18. The fourth-order valence-electron chi connectivity index (χ4n) is 4.79. The molecule has 0 spiro atoms. The van der Waals surface area contributed by atoms with Gasteiger partial charge in [0.25, 0.3) is 0 Å². The maximum absolute atomic E-state index is 13.2. The Balaban J connectivity index is 1.80. The molecule has 0 aromatic heterocycles. The molecule has 3 rings (SSSR count). The van der Waals surface area contributed by atoms with Crippen molar-refractivity contribution < 1.29 is 9.50 Å². The predicted molar refractivity (Wildman–Crippen MR) is 119 cm³/mol. The summed E-state index contributed by atoms with van der Waals surface area (Å²) in [6.45, 7) is 7.50. The number of hydrogen-bond donors (Lipinski definition) is 1. The number of benzene rings is 2. The third-order valence-electron chi connectivity index (χ3n) is 6.50. The number of halogens is 1. The number of nitrogens with zero attached hydrogens (tertiary/aromatic N) is 1. The highest BCUT2D eigenvalue weighted by atomic mass is 19.1. The van der Waals surface area contributed by atoms with E-state index >= 15 is 0 Å². The van der Waals surface area contributed by atoms with Crippen molar-refractivity contribution in [1.29, 1.82) is 0 Å². The number of aliphatic hydroxyl groups is 1. The van der Waals surface area contributed by atoms with Gasteiger partial charge in [-0.05, 0) is 79.9 Å². The van der Waals surface area contributed by atoms with Crippen LogP contribution in [0.2, 0.25) is 0 Å². The summed E-state index contributed by atoms with van der Waals surface area (Å²) < 4.78 is 13.2. The summed E-state index contributed by atoms with van der Waals surface area (Å²) in [6, 6.07) is 15.5. The van der Waals surface area contributed by atoms with Crippen molar-refractivity contribution in [3.05, 3.63) is 71.0 Å². The second kappa shape index (κ2) is 8.57. The van der Waals surface area contributed by atoms with Gasteiger partial charge >= 0.3 is 0 Å². The van der Waals surface area contributed by atoms with E-state index in [0.717, 1.165) is 37.8 Å². The molecule has 3 unspecified atom stereocenters. The fraction of sp³-hybridized carbons (Fsp3) is 0.538. The van der Waals surface area contributed by atoms with Gasteiger partial charge < -0.3 is 10.0 Å². The SMILES string of the molecule is CN(C)CC1CC(Cc2ccc(F)cc2)CCC1(O)c1ccc(C(C)(C)C)cc1. The van der Waals surface area contributed by atoms with Gasteiger partial charge in [0.2, 0.25) is 0 Å². The standard InChI is InChI=1S/C26H36FNO/c1-25(2,3)21-8-10-22(11-9-21)26(29)15-14-20(17-23(26)18-28(4)5)16-19-6-12-24(27)13-7-19/h6-13,20,23,29H,14-18H2,1-5H3. The van der Waals surface area contributed by atoms with Crippen molar-refractivity contribution in [2.24, 2.45) is 11.8 Å². The fourth-order valence-corrected chi connectivity index (χ4v) is 4.79. The Morgan fingerprint density at radius 1 is 1.03 bits per heavy atom. The van der Waals surface area contributed by atoms with Gasteiger partial charge in [0.15, 0.2) is 0 Å². The molecule has 2 aromatic carbocycles. The molecule has 0 amide bonds. The summed E-state index contributed by atoms with van der Waals surface area (Å²) in [6.07, 6.45) is 3.68. The number of hydrogen-bond acceptors (Lipinski definition) is 2. The average Bonchev–Trinajstić information content (AvgIpc) is 2.65. The summed E-state index contributed by atoms with van der Waals surface area (Å²) in [5.41, 5.74) is 2.83. The molecule has 1 fully saturated rings. The first-order chi connectivity index (χ1) is 13.6. The first kappa shape index (κ1) is 22.0. The molecule has 1 saturated carbocycles. The quantitative estimate of drug-likeness (QED) is 0.717. The van der Waals surface area contributed by atoms with Crippen LogP contribution in [0.1, 0.15) is 56.7 Å². The molecule has 2 nitrogen and oxygen atoms in total. The minimum atomic E-state index is -0.792. The Morgan fingerprint density at radius 3 is 2.21 bits per heavy atom. The minimum Gasteiger partial charge on any atom is -0.385 e. The van der Waals surface area contributed by atoms with E-state index in [1.165, 1.54) is 11.1 Å². The molecule has 1 aliphatic rings. The van der Waals surface area contributed by atoms with Crippen LogP contribution in [0.4, 0.5) is 4.39 Å². The van der Waals surface area contributed by atoms with E-state index in [1.54, 1.807) is 12.1 Å². The van der Waals surface area contributed by atoms with Crippen LogP contribution in [0, 0.1) is 17.7 Å². The van der Waals surface area contributed by atoms with Gasteiger partial charge in [-0.3, -0.25) is 0 Å². The van der Waals surface area contributed by atoms with E-state index in [0.29, 0.717) is 5.92 Å². The molecule has 0 radical (unpaired) electrons. The van der Waals surface area contributed by atoms with Crippen molar-refractivity contribution in [2.75, 3.05) is 20.6 Å². The van der Waals surface area contributed by atoms with Crippen LogP contribution in [-0.2, 0) is 17.4 Å². The molecule has 1 N–H and O–H groups in total. The van der Waals surface area contributed by atoms with E-state index in [4.69, 9.17) is 0 Å².